The molecule has 1 saturated heterocycles. The summed E-state index contributed by atoms with van der Waals surface area (Å²) in [4.78, 5) is 28.0. The van der Waals surface area contributed by atoms with Crippen LogP contribution in [0.5, 0.6) is 11.5 Å². The highest BCUT2D eigenvalue weighted by molar-refractivity contribution is 7.10. The van der Waals surface area contributed by atoms with Gasteiger partial charge in [0.25, 0.3) is 0 Å². The average Bonchev–Trinajstić information content (AvgIpc) is 3.45. The van der Waals surface area contributed by atoms with Gasteiger partial charge in [0.2, 0.25) is 5.91 Å². The van der Waals surface area contributed by atoms with Gasteiger partial charge in [-0.05, 0) is 54.1 Å². The lowest BCUT2D eigenvalue weighted by Crippen LogP contribution is -2.38. The minimum absolute atomic E-state index is 0.00373. The average molecular weight is 436 g/mol. The zero-order chi connectivity index (χ0) is 21.6. The molecule has 0 bridgehead atoms. The Balaban J connectivity index is 1.51. The van der Waals surface area contributed by atoms with Crippen LogP contribution in [0.4, 0.5) is 4.79 Å². The molecule has 0 aliphatic carbocycles. The molecule has 31 heavy (non-hydrogen) atoms. The number of carbonyl (C=O) groups excluding carboxylic acids is 2. The Kier molecular flexibility index (Phi) is 6.52. The second-order valence-corrected chi connectivity index (χ2v) is 8.49. The second kappa shape index (κ2) is 9.66. The third-order valence-electron chi connectivity index (χ3n) is 5.38. The number of hydrogen-bond acceptors (Lipinski definition) is 4. The van der Waals surface area contributed by atoms with Crippen LogP contribution in [-0.4, -0.2) is 23.4 Å². The fourth-order valence-electron chi connectivity index (χ4n) is 3.98. The van der Waals surface area contributed by atoms with Crippen LogP contribution in [0, 0.1) is 0 Å². The molecule has 0 spiro atoms. The van der Waals surface area contributed by atoms with Crippen molar-refractivity contribution in [1.82, 2.24) is 10.2 Å². The number of primary amides is 1. The van der Waals surface area contributed by atoms with E-state index >= 15 is 0 Å². The van der Waals surface area contributed by atoms with E-state index in [0.29, 0.717) is 11.5 Å². The van der Waals surface area contributed by atoms with Crippen LogP contribution in [-0.2, 0) is 4.79 Å². The summed E-state index contributed by atoms with van der Waals surface area (Å²) in [6.07, 6.45) is 2.07. The smallest absolute Gasteiger partial charge is 0.312 e. The SMILES string of the molecule is NC(=O)N[C@H](CC(=O)N1CCC[C@H]1c1cccs1)c1cccc(Oc2ccccc2)c1. The van der Waals surface area contributed by atoms with E-state index in [1.165, 1.54) is 4.88 Å². The number of ether oxygens (including phenoxy) is 1. The first kappa shape index (κ1) is 20.9. The molecule has 0 unspecified atom stereocenters. The van der Waals surface area contributed by atoms with Gasteiger partial charge in [0, 0.05) is 11.4 Å². The van der Waals surface area contributed by atoms with E-state index in [-0.39, 0.29) is 18.4 Å². The van der Waals surface area contributed by atoms with Crippen molar-refractivity contribution in [3.8, 4) is 11.5 Å². The van der Waals surface area contributed by atoms with Gasteiger partial charge in [-0.25, -0.2) is 4.79 Å². The van der Waals surface area contributed by atoms with Crippen molar-refractivity contribution in [3.05, 3.63) is 82.6 Å². The highest BCUT2D eigenvalue weighted by Gasteiger charge is 2.32. The lowest BCUT2D eigenvalue weighted by atomic mass is 10.0. The van der Waals surface area contributed by atoms with Crippen LogP contribution in [0.3, 0.4) is 0 Å². The lowest BCUT2D eigenvalue weighted by Gasteiger charge is -2.27. The maximum atomic E-state index is 13.2. The van der Waals surface area contributed by atoms with E-state index < -0.39 is 12.1 Å². The minimum Gasteiger partial charge on any atom is -0.457 e. The monoisotopic (exact) mass is 435 g/mol. The summed E-state index contributed by atoms with van der Waals surface area (Å²) < 4.78 is 5.91. The van der Waals surface area contributed by atoms with Gasteiger partial charge in [0.15, 0.2) is 0 Å². The molecule has 160 valence electrons. The van der Waals surface area contributed by atoms with Gasteiger partial charge < -0.3 is 20.7 Å². The van der Waals surface area contributed by atoms with Crippen LogP contribution >= 0.6 is 11.3 Å². The van der Waals surface area contributed by atoms with Crippen LogP contribution in [0.2, 0.25) is 0 Å². The zero-order valence-electron chi connectivity index (χ0n) is 17.1. The van der Waals surface area contributed by atoms with Crippen LogP contribution in [0.1, 0.15) is 41.8 Å². The van der Waals surface area contributed by atoms with E-state index in [1.807, 2.05) is 70.9 Å². The third-order valence-corrected chi connectivity index (χ3v) is 6.35. The van der Waals surface area contributed by atoms with Gasteiger partial charge in [-0.1, -0.05) is 36.4 Å². The predicted molar refractivity (Wildman–Crippen MR) is 121 cm³/mol. The number of amides is 3. The fourth-order valence-corrected chi connectivity index (χ4v) is 4.85. The molecule has 2 aromatic carbocycles. The zero-order valence-corrected chi connectivity index (χ0v) is 17.9. The summed E-state index contributed by atoms with van der Waals surface area (Å²) in [5, 5.41) is 4.76. The molecule has 1 fully saturated rings. The number of nitrogens with zero attached hydrogens (tertiary/aromatic N) is 1. The molecule has 7 heteroatoms. The normalized spacial score (nSPS) is 16.6. The number of para-hydroxylation sites is 1. The van der Waals surface area contributed by atoms with Gasteiger partial charge in [-0.3, -0.25) is 4.79 Å². The summed E-state index contributed by atoms with van der Waals surface area (Å²) >= 11 is 1.67. The molecule has 3 aromatic rings. The van der Waals surface area contributed by atoms with Crippen molar-refractivity contribution in [2.75, 3.05) is 6.54 Å². The fraction of sp³-hybridized carbons (Fsp3) is 0.250. The van der Waals surface area contributed by atoms with Crippen molar-refractivity contribution in [3.63, 3.8) is 0 Å². The van der Waals surface area contributed by atoms with Gasteiger partial charge in [-0.15, -0.1) is 11.3 Å². The highest BCUT2D eigenvalue weighted by atomic mass is 32.1. The Hall–Kier alpha value is -3.32. The Morgan fingerprint density at radius 2 is 1.90 bits per heavy atom. The Morgan fingerprint density at radius 1 is 1.10 bits per heavy atom. The largest absolute Gasteiger partial charge is 0.457 e. The first-order chi connectivity index (χ1) is 15.1. The number of benzene rings is 2. The third kappa shape index (κ3) is 5.24. The van der Waals surface area contributed by atoms with Gasteiger partial charge >= 0.3 is 6.03 Å². The molecule has 4 rings (SSSR count). The number of nitrogens with one attached hydrogen (secondary N) is 1. The second-order valence-electron chi connectivity index (χ2n) is 7.51. The molecule has 1 aliphatic heterocycles. The van der Waals surface area contributed by atoms with E-state index in [4.69, 9.17) is 10.5 Å². The molecule has 1 aromatic heterocycles. The number of hydrogen-bond donors (Lipinski definition) is 2. The molecule has 3 amide bonds. The predicted octanol–water partition coefficient (Wildman–Crippen LogP) is 5.00. The van der Waals surface area contributed by atoms with Crippen molar-refractivity contribution >= 4 is 23.3 Å². The number of urea groups is 1. The number of nitrogens with two attached hydrogens (primary N) is 1. The van der Waals surface area contributed by atoms with E-state index in [0.717, 1.165) is 24.9 Å². The molecule has 0 saturated carbocycles. The Labute approximate surface area is 185 Å². The molecular weight excluding hydrogens is 410 g/mol. The van der Waals surface area contributed by atoms with Crippen molar-refractivity contribution in [1.29, 1.82) is 0 Å². The van der Waals surface area contributed by atoms with Crippen LogP contribution in [0.25, 0.3) is 0 Å². The summed E-state index contributed by atoms with van der Waals surface area (Å²) in [6.45, 7) is 0.724. The summed E-state index contributed by atoms with van der Waals surface area (Å²) in [5.74, 6) is 1.35. The molecule has 2 atom stereocenters. The molecule has 1 aliphatic rings. The van der Waals surface area contributed by atoms with Gasteiger partial charge in [0.05, 0.1) is 18.5 Å². The first-order valence-electron chi connectivity index (χ1n) is 10.3. The number of thiophene rings is 1. The van der Waals surface area contributed by atoms with Crippen molar-refractivity contribution in [2.45, 2.75) is 31.3 Å². The first-order valence-corrected chi connectivity index (χ1v) is 11.2. The quantitative estimate of drug-likeness (QED) is 0.547. The van der Waals surface area contributed by atoms with Crippen molar-refractivity contribution in [2.24, 2.45) is 5.73 Å². The van der Waals surface area contributed by atoms with E-state index in [1.54, 1.807) is 11.3 Å². The topological polar surface area (TPSA) is 84.7 Å². The highest BCUT2D eigenvalue weighted by Crippen LogP contribution is 2.36. The molecule has 3 N–H and O–H groups in total. The Morgan fingerprint density at radius 3 is 2.65 bits per heavy atom. The van der Waals surface area contributed by atoms with Gasteiger partial charge in [-0.2, -0.15) is 0 Å². The van der Waals surface area contributed by atoms with Crippen LogP contribution < -0.4 is 15.8 Å². The van der Waals surface area contributed by atoms with E-state index in [2.05, 4.69) is 11.4 Å². The summed E-state index contributed by atoms with van der Waals surface area (Å²) in [6, 6.07) is 19.8. The standard InChI is InChI=1S/C24H25N3O3S/c25-24(29)26-20(16-23(28)27-13-5-11-21(27)22-12-6-14-31-22)17-7-4-10-19(15-17)30-18-8-2-1-3-9-18/h1-4,6-10,12,14-15,20-21H,5,11,13,16H2,(H3,25,26,29)/t20-,21+/m1/s1. The Bertz CT molecular complexity index is 1020. The van der Waals surface area contributed by atoms with Crippen LogP contribution in [0.15, 0.2) is 72.1 Å². The van der Waals surface area contributed by atoms with Gasteiger partial charge in [0.1, 0.15) is 11.5 Å². The summed E-state index contributed by atoms with van der Waals surface area (Å²) in [7, 11) is 0. The van der Waals surface area contributed by atoms with Crippen molar-refractivity contribution < 1.29 is 14.3 Å². The maximum Gasteiger partial charge on any atom is 0.312 e. The number of likely N-dealkylation sites (tertiary alicyclic amines) is 1. The molecule has 0 radical (unpaired) electrons. The minimum atomic E-state index is -0.664. The summed E-state index contributed by atoms with van der Waals surface area (Å²) in [5.41, 5.74) is 6.19. The van der Waals surface area contributed by atoms with E-state index in [9.17, 15) is 9.59 Å². The molecular formula is C24H25N3O3S. The molecule has 6 nitrogen and oxygen atoms in total. The lowest BCUT2D eigenvalue weighted by molar-refractivity contribution is -0.132. The maximum absolute atomic E-state index is 13.2. The number of carbonyl (C=O) groups is 2. The number of rotatable bonds is 7. The molecule has 2 heterocycles.